The molecule has 2 aliphatic heterocycles. The Morgan fingerprint density at radius 1 is 1.16 bits per heavy atom. The summed E-state index contributed by atoms with van der Waals surface area (Å²) in [4.78, 5) is 23.8. The van der Waals surface area contributed by atoms with Crippen molar-refractivity contribution in [3.05, 3.63) is 59.2 Å². The first-order chi connectivity index (χ1) is 15.5. The molecule has 1 amide bonds. The number of aliphatic carboxylic acids is 1. The van der Waals surface area contributed by atoms with Gasteiger partial charge in [-0.15, -0.1) is 0 Å². The molecule has 0 aromatic heterocycles. The lowest BCUT2D eigenvalue weighted by molar-refractivity contribution is -0.139. The summed E-state index contributed by atoms with van der Waals surface area (Å²) in [6.07, 6.45) is 5.99. The lowest BCUT2D eigenvalue weighted by atomic mass is 9.88. The third-order valence-electron chi connectivity index (χ3n) is 6.09. The third-order valence-corrected chi connectivity index (χ3v) is 6.09. The van der Waals surface area contributed by atoms with Gasteiger partial charge in [-0.2, -0.15) is 5.10 Å². The van der Waals surface area contributed by atoms with Crippen molar-refractivity contribution < 1.29 is 19.4 Å². The molecule has 2 aromatic rings. The highest BCUT2D eigenvalue weighted by Crippen LogP contribution is 2.34. The van der Waals surface area contributed by atoms with E-state index in [-0.39, 0.29) is 24.3 Å². The SMILES string of the molecule is CC1Oc2ccc(NC(=O)c3ccc(C=NN4CCCCC4)cc3)cc2CC1CC(=O)O. The van der Waals surface area contributed by atoms with Crippen LogP contribution in [0.3, 0.4) is 0 Å². The van der Waals surface area contributed by atoms with Crippen molar-refractivity contribution in [1.82, 2.24) is 5.01 Å². The molecule has 1 saturated heterocycles. The Hall–Kier alpha value is -3.35. The summed E-state index contributed by atoms with van der Waals surface area (Å²) in [5.41, 5.74) is 3.09. The first-order valence-electron chi connectivity index (χ1n) is 11.2. The second-order valence-corrected chi connectivity index (χ2v) is 8.54. The Balaban J connectivity index is 1.38. The number of fused-ring (bicyclic) bond motifs is 1. The number of carbonyl (C=O) groups is 2. The number of piperidine rings is 1. The minimum Gasteiger partial charge on any atom is -0.490 e. The van der Waals surface area contributed by atoms with Crippen LogP contribution in [0.15, 0.2) is 47.6 Å². The molecular formula is C25H29N3O4. The monoisotopic (exact) mass is 435 g/mol. The highest BCUT2D eigenvalue weighted by molar-refractivity contribution is 6.04. The summed E-state index contributed by atoms with van der Waals surface area (Å²) >= 11 is 0. The zero-order valence-electron chi connectivity index (χ0n) is 18.3. The number of anilines is 1. The van der Waals surface area contributed by atoms with E-state index in [0.717, 1.165) is 30.0 Å². The molecule has 0 aliphatic carbocycles. The van der Waals surface area contributed by atoms with E-state index in [1.165, 1.54) is 19.3 Å². The lowest BCUT2D eigenvalue weighted by Gasteiger charge is -2.31. The van der Waals surface area contributed by atoms with Crippen molar-refractivity contribution in [1.29, 1.82) is 0 Å². The predicted octanol–water partition coefficient (Wildman–Crippen LogP) is 4.17. The number of nitrogens with one attached hydrogen (secondary N) is 1. The Bertz CT molecular complexity index is 997. The van der Waals surface area contributed by atoms with Gasteiger partial charge in [0.25, 0.3) is 5.91 Å². The number of hydrogen-bond donors (Lipinski definition) is 2. The fraction of sp³-hybridized carbons (Fsp3) is 0.400. The van der Waals surface area contributed by atoms with E-state index in [1.54, 1.807) is 18.2 Å². The van der Waals surface area contributed by atoms with Crippen molar-refractivity contribution in [2.24, 2.45) is 11.0 Å². The summed E-state index contributed by atoms with van der Waals surface area (Å²) in [5, 5.41) is 18.7. The van der Waals surface area contributed by atoms with Gasteiger partial charge < -0.3 is 15.2 Å². The van der Waals surface area contributed by atoms with Gasteiger partial charge in [0.1, 0.15) is 5.75 Å². The highest BCUT2D eigenvalue weighted by atomic mass is 16.5. The number of carboxylic acids is 1. The predicted molar refractivity (Wildman–Crippen MR) is 123 cm³/mol. The van der Waals surface area contributed by atoms with Crippen LogP contribution in [0.1, 0.15) is 54.1 Å². The van der Waals surface area contributed by atoms with Crippen LogP contribution in [-0.4, -0.2) is 47.4 Å². The number of rotatable bonds is 6. The molecule has 4 rings (SSSR count). The molecule has 0 radical (unpaired) electrons. The zero-order valence-corrected chi connectivity index (χ0v) is 18.3. The minimum atomic E-state index is -0.831. The minimum absolute atomic E-state index is 0.0601. The summed E-state index contributed by atoms with van der Waals surface area (Å²) in [6, 6.07) is 12.9. The average Bonchev–Trinajstić information content (AvgIpc) is 2.79. The Kier molecular flexibility index (Phi) is 6.73. The van der Waals surface area contributed by atoms with Crippen LogP contribution in [0, 0.1) is 5.92 Å². The van der Waals surface area contributed by atoms with Crippen LogP contribution in [-0.2, 0) is 11.2 Å². The van der Waals surface area contributed by atoms with Crippen LogP contribution >= 0.6 is 0 Å². The number of hydrazone groups is 1. The van der Waals surface area contributed by atoms with Gasteiger partial charge in [0.05, 0.1) is 18.7 Å². The molecule has 168 valence electrons. The van der Waals surface area contributed by atoms with Gasteiger partial charge in [-0.05, 0) is 74.1 Å². The number of ether oxygens (including phenoxy) is 1. The van der Waals surface area contributed by atoms with Crippen molar-refractivity contribution >= 4 is 23.8 Å². The molecule has 0 spiro atoms. The quantitative estimate of drug-likeness (QED) is 0.665. The Morgan fingerprint density at radius 3 is 2.62 bits per heavy atom. The molecule has 1 fully saturated rings. The third kappa shape index (κ3) is 5.46. The smallest absolute Gasteiger partial charge is 0.303 e. The van der Waals surface area contributed by atoms with Gasteiger partial charge in [0.15, 0.2) is 0 Å². The molecule has 2 unspecified atom stereocenters. The van der Waals surface area contributed by atoms with Gasteiger partial charge in [0.2, 0.25) is 0 Å². The van der Waals surface area contributed by atoms with E-state index >= 15 is 0 Å². The molecular weight excluding hydrogens is 406 g/mol. The number of nitrogens with zero attached hydrogens (tertiary/aromatic N) is 2. The molecule has 7 heteroatoms. The summed E-state index contributed by atoms with van der Waals surface area (Å²) in [6.45, 7) is 3.89. The summed E-state index contributed by atoms with van der Waals surface area (Å²) < 4.78 is 5.88. The fourth-order valence-electron chi connectivity index (χ4n) is 4.20. The van der Waals surface area contributed by atoms with E-state index in [2.05, 4.69) is 15.4 Å². The van der Waals surface area contributed by atoms with Crippen molar-refractivity contribution in [2.45, 2.75) is 45.1 Å². The molecule has 2 atom stereocenters. The largest absolute Gasteiger partial charge is 0.490 e. The highest BCUT2D eigenvalue weighted by Gasteiger charge is 2.28. The molecule has 2 N–H and O–H groups in total. The first-order valence-corrected chi connectivity index (χ1v) is 11.2. The van der Waals surface area contributed by atoms with Crippen LogP contribution in [0.25, 0.3) is 0 Å². The normalized spacial score (nSPS) is 20.5. The van der Waals surface area contributed by atoms with Gasteiger partial charge in [0, 0.05) is 30.3 Å². The molecule has 2 aliphatic rings. The van der Waals surface area contributed by atoms with E-state index < -0.39 is 5.97 Å². The molecule has 2 heterocycles. The number of carbonyl (C=O) groups excluding carboxylic acids is 1. The Morgan fingerprint density at radius 2 is 1.91 bits per heavy atom. The van der Waals surface area contributed by atoms with E-state index in [0.29, 0.717) is 17.7 Å². The number of amides is 1. The number of hydrogen-bond acceptors (Lipinski definition) is 5. The molecule has 32 heavy (non-hydrogen) atoms. The maximum Gasteiger partial charge on any atom is 0.303 e. The summed E-state index contributed by atoms with van der Waals surface area (Å²) in [7, 11) is 0. The number of benzene rings is 2. The summed E-state index contributed by atoms with van der Waals surface area (Å²) in [5.74, 6) is -0.376. The first kappa shape index (κ1) is 21.9. The fourth-order valence-corrected chi connectivity index (χ4v) is 4.20. The van der Waals surface area contributed by atoms with Gasteiger partial charge in [-0.1, -0.05) is 12.1 Å². The van der Waals surface area contributed by atoms with Crippen molar-refractivity contribution in [3.8, 4) is 5.75 Å². The topological polar surface area (TPSA) is 91.2 Å². The second kappa shape index (κ2) is 9.85. The number of carboxylic acid groups (broad SMARTS) is 1. The maximum atomic E-state index is 12.7. The second-order valence-electron chi connectivity index (χ2n) is 8.54. The van der Waals surface area contributed by atoms with Crippen LogP contribution in [0.5, 0.6) is 5.75 Å². The van der Waals surface area contributed by atoms with Crippen molar-refractivity contribution in [3.63, 3.8) is 0 Å². The van der Waals surface area contributed by atoms with Gasteiger partial charge >= 0.3 is 5.97 Å². The molecule has 0 bridgehead atoms. The van der Waals surface area contributed by atoms with Gasteiger partial charge in [-0.25, -0.2) is 0 Å². The van der Waals surface area contributed by atoms with Crippen molar-refractivity contribution in [2.75, 3.05) is 18.4 Å². The van der Waals surface area contributed by atoms with Gasteiger partial charge in [-0.3, -0.25) is 14.6 Å². The lowest BCUT2D eigenvalue weighted by Crippen LogP contribution is -2.32. The maximum absolute atomic E-state index is 12.7. The average molecular weight is 436 g/mol. The molecule has 2 aromatic carbocycles. The van der Waals surface area contributed by atoms with E-state index in [1.807, 2.05) is 37.4 Å². The van der Waals surface area contributed by atoms with Crippen LogP contribution < -0.4 is 10.1 Å². The van der Waals surface area contributed by atoms with Crippen LogP contribution in [0.2, 0.25) is 0 Å². The van der Waals surface area contributed by atoms with Crippen LogP contribution in [0.4, 0.5) is 5.69 Å². The van der Waals surface area contributed by atoms with E-state index in [9.17, 15) is 9.59 Å². The van der Waals surface area contributed by atoms with E-state index in [4.69, 9.17) is 9.84 Å². The standard InChI is InChI=1S/C25H29N3O4/c1-17-20(15-24(29)30)13-21-14-22(9-10-23(21)32-17)27-25(31)19-7-5-18(6-8-19)16-26-28-11-3-2-4-12-28/h5-10,14,16-17,20H,2-4,11-13,15H2,1H3,(H,27,31)(H,29,30). The molecule has 7 nitrogen and oxygen atoms in total. The Labute approximate surface area is 188 Å². The zero-order chi connectivity index (χ0) is 22.5. The molecule has 0 saturated carbocycles.